The molecule has 1 fully saturated rings. The van der Waals surface area contributed by atoms with Crippen LogP contribution in [0, 0.1) is 0 Å². The summed E-state index contributed by atoms with van der Waals surface area (Å²) in [6.07, 6.45) is 1.71. The van der Waals surface area contributed by atoms with Crippen molar-refractivity contribution in [3.8, 4) is 0 Å². The molecule has 0 saturated carbocycles. The maximum atomic E-state index is 12.6. The summed E-state index contributed by atoms with van der Waals surface area (Å²) in [4.78, 5) is 37.7. The molecule has 1 aliphatic rings. The van der Waals surface area contributed by atoms with Gasteiger partial charge >= 0.3 is 0 Å². The summed E-state index contributed by atoms with van der Waals surface area (Å²) in [5.74, 6) is -0.320. The van der Waals surface area contributed by atoms with Gasteiger partial charge in [0.1, 0.15) is 0 Å². The highest BCUT2D eigenvalue weighted by Crippen LogP contribution is 2.32. The third-order valence-corrected chi connectivity index (χ3v) is 5.84. The fourth-order valence-corrected chi connectivity index (χ4v) is 4.19. The molecule has 0 bridgehead atoms. The largest absolute Gasteiger partial charge is 0.361 e. The summed E-state index contributed by atoms with van der Waals surface area (Å²) in [6, 6.07) is 14.4. The molecule has 1 saturated heterocycles. The molecule has 1 heterocycles. The summed E-state index contributed by atoms with van der Waals surface area (Å²) in [5.41, 5.74) is 2.20. The van der Waals surface area contributed by atoms with Gasteiger partial charge in [-0.3, -0.25) is 19.3 Å². The lowest BCUT2D eigenvalue weighted by molar-refractivity contribution is -0.122. The van der Waals surface area contributed by atoms with Gasteiger partial charge in [0, 0.05) is 28.8 Å². The van der Waals surface area contributed by atoms with Gasteiger partial charge in [0.2, 0.25) is 0 Å². The Labute approximate surface area is 192 Å². The summed E-state index contributed by atoms with van der Waals surface area (Å²) in [5, 5.41) is 6.04. The molecule has 2 amide bonds. The first kappa shape index (κ1) is 22.2. The van der Waals surface area contributed by atoms with Crippen molar-refractivity contribution in [3.63, 3.8) is 0 Å². The second kappa shape index (κ2) is 10.0. The van der Waals surface area contributed by atoms with Crippen LogP contribution < -0.4 is 10.6 Å². The zero-order valence-corrected chi connectivity index (χ0v) is 19.2. The van der Waals surface area contributed by atoms with Crippen molar-refractivity contribution < 1.29 is 14.4 Å². The van der Waals surface area contributed by atoms with Crippen molar-refractivity contribution in [2.24, 2.45) is 0 Å². The van der Waals surface area contributed by atoms with Crippen molar-refractivity contribution in [3.05, 3.63) is 69.0 Å². The summed E-state index contributed by atoms with van der Waals surface area (Å²) >= 11 is 9.56. The van der Waals surface area contributed by atoms with E-state index in [1.165, 1.54) is 11.8 Å². The van der Waals surface area contributed by atoms with Crippen LogP contribution in [0.1, 0.15) is 22.8 Å². The van der Waals surface area contributed by atoms with Gasteiger partial charge in [-0.15, -0.1) is 0 Å². The van der Waals surface area contributed by atoms with E-state index in [1.807, 2.05) is 24.3 Å². The highest BCUT2D eigenvalue weighted by Gasteiger charge is 2.34. The fourth-order valence-electron chi connectivity index (χ4n) is 2.69. The molecule has 30 heavy (non-hydrogen) atoms. The number of hydrogen-bond donors (Lipinski definition) is 2. The molecule has 9 heteroatoms. The van der Waals surface area contributed by atoms with E-state index in [0.29, 0.717) is 22.1 Å². The Morgan fingerprint density at radius 1 is 1.20 bits per heavy atom. The number of carbonyl (C=O) groups is 3. The molecule has 0 atom stereocenters. The first-order chi connectivity index (χ1) is 14.3. The number of carbonyl (C=O) groups excluding carboxylic acids is 3. The number of amides is 2. The summed E-state index contributed by atoms with van der Waals surface area (Å²) in [7, 11) is 0. The van der Waals surface area contributed by atoms with Crippen LogP contribution in [0.5, 0.6) is 0 Å². The number of rotatable bonds is 6. The van der Waals surface area contributed by atoms with Crippen LogP contribution in [-0.4, -0.2) is 40.0 Å². The van der Waals surface area contributed by atoms with Crippen LogP contribution in [-0.2, 0) is 4.79 Å². The molecule has 6 nitrogen and oxygen atoms in total. The average Bonchev–Trinajstić information content (AvgIpc) is 2.95. The molecule has 2 N–H and O–H groups in total. The van der Waals surface area contributed by atoms with Gasteiger partial charge in [-0.1, -0.05) is 28.1 Å². The maximum Gasteiger partial charge on any atom is 0.293 e. The SMILES string of the molecule is CC(=O)c1ccc(NC(=S)NCCN2C(=O)SC(=Cc3cccc(Br)c3)C2=O)cc1. The Balaban J connectivity index is 1.51. The van der Waals surface area contributed by atoms with Crippen LogP contribution in [0.15, 0.2) is 57.9 Å². The molecule has 0 aromatic heterocycles. The lowest BCUT2D eigenvalue weighted by Crippen LogP contribution is -2.38. The van der Waals surface area contributed by atoms with Crippen LogP contribution in [0.25, 0.3) is 6.08 Å². The molecule has 2 aromatic rings. The average molecular weight is 504 g/mol. The Kier molecular flexibility index (Phi) is 7.41. The number of halogens is 1. The van der Waals surface area contributed by atoms with Crippen molar-refractivity contribution in [1.82, 2.24) is 10.2 Å². The van der Waals surface area contributed by atoms with Crippen molar-refractivity contribution in [2.75, 3.05) is 18.4 Å². The van der Waals surface area contributed by atoms with Crippen LogP contribution in [0.3, 0.4) is 0 Å². The number of benzene rings is 2. The van der Waals surface area contributed by atoms with Crippen molar-refractivity contribution in [1.29, 1.82) is 0 Å². The second-order valence-electron chi connectivity index (χ2n) is 6.40. The Morgan fingerprint density at radius 2 is 1.93 bits per heavy atom. The van der Waals surface area contributed by atoms with Gasteiger partial charge in [-0.2, -0.15) is 0 Å². The van der Waals surface area contributed by atoms with Gasteiger partial charge < -0.3 is 10.6 Å². The predicted molar refractivity (Wildman–Crippen MR) is 127 cm³/mol. The van der Waals surface area contributed by atoms with Gasteiger partial charge in [-0.25, -0.2) is 0 Å². The van der Waals surface area contributed by atoms with Crippen LogP contribution in [0.4, 0.5) is 10.5 Å². The maximum absolute atomic E-state index is 12.6. The number of nitrogens with one attached hydrogen (secondary N) is 2. The lowest BCUT2D eigenvalue weighted by atomic mass is 10.1. The van der Waals surface area contributed by atoms with E-state index < -0.39 is 0 Å². The first-order valence-electron chi connectivity index (χ1n) is 9.00. The van der Waals surface area contributed by atoms with E-state index in [1.54, 1.807) is 30.3 Å². The highest BCUT2D eigenvalue weighted by molar-refractivity contribution is 9.10. The number of thioether (sulfide) groups is 1. The number of nitrogens with zero attached hydrogens (tertiary/aromatic N) is 1. The van der Waals surface area contributed by atoms with Gasteiger partial charge in [0.15, 0.2) is 10.9 Å². The molecule has 0 aliphatic carbocycles. The molecule has 0 unspecified atom stereocenters. The predicted octanol–water partition coefficient (Wildman–Crippen LogP) is 4.67. The molecule has 1 aliphatic heterocycles. The highest BCUT2D eigenvalue weighted by atomic mass is 79.9. The quantitative estimate of drug-likeness (QED) is 0.336. The summed E-state index contributed by atoms with van der Waals surface area (Å²) < 4.78 is 0.900. The minimum absolute atomic E-state index is 0.00612. The zero-order chi connectivity index (χ0) is 21.7. The number of imide groups is 1. The number of anilines is 1. The van der Waals surface area contributed by atoms with E-state index in [2.05, 4.69) is 26.6 Å². The molecule has 0 spiro atoms. The second-order valence-corrected chi connectivity index (χ2v) is 8.72. The van der Waals surface area contributed by atoms with Gasteiger partial charge in [-0.05, 0) is 78.9 Å². The fraction of sp³-hybridized carbons (Fsp3) is 0.143. The van der Waals surface area contributed by atoms with E-state index in [0.717, 1.165) is 27.5 Å². The lowest BCUT2D eigenvalue weighted by Gasteiger charge is -2.15. The third kappa shape index (κ3) is 5.78. The Hall–Kier alpha value is -2.49. The Morgan fingerprint density at radius 3 is 2.60 bits per heavy atom. The van der Waals surface area contributed by atoms with Crippen molar-refractivity contribution >= 4 is 73.7 Å². The molecular weight excluding hydrogens is 486 g/mol. The van der Waals surface area contributed by atoms with Gasteiger partial charge in [0.05, 0.1) is 4.91 Å². The minimum atomic E-state index is -0.314. The topological polar surface area (TPSA) is 78.5 Å². The van der Waals surface area contributed by atoms with Gasteiger partial charge in [0.25, 0.3) is 11.1 Å². The zero-order valence-electron chi connectivity index (χ0n) is 16.0. The van der Waals surface area contributed by atoms with E-state index in [9.17, 15) is 14.4 Å². The summed E-state index contributed by atoms with van der Waals surface area (Å²) in [6.45, 7) is 2.03. The van der Waals surface area contributed by atoms with E-state index in [4.69, 9.17) is 12.2 Å². The standard InChI is InChI=1S/C21H18BrN3O3S2/c1-13(26)15-5-7-17(8-6-15)24-20(29)23-9-10-25-19(27)18(30-21(25)28)12-14-3-2-4-16(22)11-14/h2-8,11-12H,9-10H2,1H3,(H2,23,24,29). The Bertz CT molecular complexity index is 1040. The number of hydrogen-bond acceptors (Lipinski definition) is 5. The first-order valence-corrected chi connectivity index (χ1v) is 11.0. The normalized spacial score (nSPS) is 14.9. The smallest absolute Gasteiger partial charge is 0.293 e. The monoisotopic (exact) mass is 503 g/mol. The van der Waals surface area contributed by atoms with E-state index in [-0.39, 0.29) is 23.5 Å². The minimum Gasteiger partial charge on any atom is -0.361 e. The van der Waals surface area contributed by atoms with E-state index >= 15 is 0 Å². The third-order valence-electron chi connectivity index (χ3n) is 4.19. The number of ketones is 1. The van der Waals surface area contributed by atoms with Crippen LogP contribution >= 0.6 is 39.9 Å². The number of thiocarbonyl (C=S) groups is 1. The molecule has 3 rings (SSSR count). The molecule has 154 valence electrons. The molecular formula is C21H18BrN3O3S2. The van der Waals surface area contributed by atoms with Crippen LogP contribution in [0.2, 0.25) is 0 Å². The molecule has 2 aromatic carbocycles. The van der Waals surface area contributed by atoms with Crippen molar-refractivity contribution in [2.45, 2.75) is 6.92 Å². The molecule has 0 radical (unpaired) electrons. The number of Topliss-reactive ketones (excluding diaryl/α,β-unsaturated/α-hetero) is 1.